The van der Waals surface area contributed by atoms with Gasteiger partial charge in [0.25, 0.3) is 0 Å². The van der Waals surface area contributed by atoms with Crippen molar-refractivity contribution in [2.45, 2.75) is 44.4 Å². The Bertz CT molecular complexity index is 1030. The van der Waals surface area contributed by atoms with Crippen LogP contribution in [0.4, 0.5) is 17.2 Å². The maximum atomic E-state index is 9.74. The molecule has 1 aliphatic carbocycles. The van der Waals surface area contributed by atoms with Crippen molar-refractivity contribution in [1.82, 2.24) is 9.97 Å². The zero-order chi connectivity index (χ0) is 23.9. The summed E-state index contributed by atoms with van der Waals surface area (Å²) in [6.07, 6.45) is 7.65. The molecule has 9 heteroatoms. The SMILES string of the molecule is COc1ccc(N(Cc2cncs2)c2ccc(N(C)CC(O)CO)nc2)cc1OC1CCCC1. The van der Waals surface area contributed by atoms with Crippen molar-refractivity contribution in [2.24, 2.45) is 0 Å². The van der Waals surface area contributed by atoms with Crippen LogP contribution in [0.15, 0.2) is 48.2 Å². The molecule has 2 heterocycles. The van der Waals surface area contributed by atoms with Crippen molar-refractivity contribution in [2.75, 3.05) is 37.1 Å². The monoisotopic (exact) mass is 484 g/mol. The maximum absolute atomic E-state index is 9.74. The molecule has 1 atom stereocenters. The van der Waals surface area contributed by atoms with Gasteiger partial charge in [0, 0.05) is 36.4 Å². The van der Waals surface area contributed by atoms with E-state index >= 15 is 0 Å². The van der Waals surface area contributed by atoms with Crippen LogP contribution < -0.4 is 19.3 Å². The summed E-state index contributed by atoms with van der Waals surface area (Å²) >= 11 is 1.61. The number of hydrogen-bond donors (Lipinski definition) is 2. The highest BCUT2D eigenvalue weighted by Crippen LogP contribution is 2.38. The zero-order valence-electron chi connectivity index (χ0n) is 19.6. The quantitative estimate of drug-likeness (QED) is 0.422. The lowest BCUT2D eigenvalue weighted by atomic mass is 10.2. The highest BCUT2D eigenvalue weighted by Gasteiger charge is 2.21. The number of aromatic nitrogens is 2. The summed E-state index contributed by atoms with van der Waals surface area (Å²) in [7, 11) is 3.50. The van der Waals surface area contributed by atoms with Crippen molar-refractivity contribution in [3.63, 3.8) is 0 Å². The van der Waals surface area contributed by atoms with E-state index in [0.717, 1.165) is 40.6 Å². The summed E-state index contributed by atoms with van der Waals surface area (Å²) in [4.78, 5) is 14.0. The molecule has 0 spiro atoms. The van der Waals surface area contributed by atoms with E-state index in [-0.39, 0.29) is 12.7 Å². The van der Waals surface area contributed by atoms with E-state index in [2.05, 4.69) is 14.9 Å². The number of benzene rings is 1. The number of rotatable bonds is 11. The number of hydrogen-bond acceptors (Lipinski definition) is 9. The van der Waals surface area contributed by atoms with Gasteiger partial charge in [-0.15, -0.1) is 11.3 Å². The Morgan fingerprint density at radius 2 is 1.91 bits per heavy atom. The van der Waals surface area contributed by atoms with Gasteiger partial charge < -0.3 is 29.5 Å². The van der Waals surface area contributed by atoms with Crippen LogP contribution in [-0.2, 0) is 6.54 Å². The second kappa shape index (κ2) is 11.5. The minimum Gasteiger partial charge on any atom is -0.493 e. The molecule has 34 heavy (non-hydrogen) atoms. The molecule has 0 amide bonds. The van der Waals surface area contributed by atoms with Gasteiger partial charge in [-0.25, -0.2) is 4.98 Å². The van der Waals surface area contributed by atoms with E-state index in [4.69, 9.17) is 14.6 Å². The third kappa shape index (κ3) is 5.97. The van der Waals surface area contributed by atoms with Crippen LogP contribution in [0.3, 0.4) is 0 Å². The highest BCUT2D eigenvalue weighted by atomic mass is 32.1. The zero-order valence-corrected chi connectivity index (χ0v) is 20.4. The molecule has 1 aromatic carbocycles. The normalized spacial score (nSPS) is 14.7. The van der Waals surface area contributed by atoms with Gasteiger partial charge in [-0.2, -0.15) is 0 Å². The number of anilines is 3. The van der Waals surface area contributed by atoms with E-state index in [9.17, 15) is 5.11 Å². The van der Waals surface area contributed by atoms with Gasteiger partial charge in [0.15, 0.2) is 11.5 Å². The lowest BCUT2D eigenvalue weighted by Crippen LogP contribution is -2.31. The number of aliphatic hydroxyl groups excluding tert-OH is 2. The summed E-state index contributed by atoms with van der Waals surface area (Å²) < 4.78 is 11.9. The molecule has 0 saturated heterocycles. The Hall–Kier alpha value is -2.88. The fraction of sp³-hybridized carbons (Fsp3) is 0.440. The number of pyridine rings is 1. The fourth-order valence-corrected chi connectivity index (χ4v) is 4.73. The Morgan fingerprint density at radius 3 is 2.56 bits per heavy atom. The molecule has 4 rings (SSSR count). The highest BCUT2D eigenvalue weighted by molar-refractivity contribution is 7.09. The van der Waals surface area contributed by atoms with Gasteiger partial charge in [0.1, 0.15) is 5.82 Å². The summed E-state index contributed by atoms with van der Waals surface area (Å²) in [5.74, 6) is 2.20. The predicted octanol–water partition coefficient (Wildman–Crippen LogP) is 4.00. The van der Waals surface area contributed by atoms with Gasteiger partial charge >= 0.3 is 0 Å². The van der Waals surface area contributed by atoms with Crippen molar-refractivity contribution in [3.8, 4) is 11.5 Å². The van der Waals surface area contributed by atoms with Crippen LogP contribution in [0, 0.1) is 0 Å². The van der Waals surface area contributed by atoms with Crippen molar-refractivity contribution >= 4 is 28.5 Å². The molecular formula is C25H32N4O4S. The van der Waals surface area contributed by atoms with Crippen LogP contribution in [0.5, 0.6) is 11.5 Å². The van der Waals surface area contributed by atoms with E-state index in [1.165, 1.54) is 12.8 Å². The fourth-order valence-electron chi connectivity index (χ4n) is 4.15. The van der Waals surface area contributed by atoms with Gasteiger partial charge in [0.05, 0.1) is 49.9 Å². The summed E-state index contributed by atoms with van der Waals surface area (Å²) in [6, 6.07) is 9.94. The first-order chi connectivity index (χ1) is 16.6. The largest absolute Gasteiger partial charge is 0.493 e. The van der Waals surface area contributed by atoms with E-state index in [1.807, 2.05) is 60.2 Å². The van der Waals surface area contributed by atoms with Crippen molar-refractivity contribution in [1.29, 1.82) is 0 Å². The maximum Gasteiger partial charge on any atom is 0.163 e. The Kier molecular flexibility index (Phi) is 8.21. The number of thiazole rings is 1. The van der Waals surface area contributed by atoms with Crippen molar-refractivity contribution in [3.05, 3.63) is 53.1 Å². The number of likely N-dealkylation sites (N-methyl/N-ethyl adjacent to an activating group) is 1. The second-order valence-electron chi connectivity index (χ2n) is 8.50. The van der Waals surface area contributed by atoms with Gasteiger partial charge in [-0.1, -0.05) is 0 Å². The third-order valence-electron chi connectivity index (χ3n) is 5.98. The predicted molar refractivity (Wildman–Crippen MR) is 134 cm³/mol. The third-order valence-corrected chi connectivity index (χ3v) is 6.75. The molecule has 1 fully saturated rings. The second-order valence-corrected chi connectivity index (χ2v) is 9.48. The molecule has 2 N–H and O–H groups in total. The van der Waals surface area contributed by atoms with Crippen LogP contribution in [-0.4, -0.2) is 59.7 Å². The molecule has 3 aromatic rings. The number of ether oxygens (including phenoxy) is 2. The summed E-state index contributed by atoms with van der Waals surface area (Å²) in [5, 5.41) is 18.9. The molecule has 1 saturated carbocycles. The average molecular weight is 485 g/mol. The minimum atomic E-state index is -0.813. The number of methoxy groups -OCH3 is 1. The van der Waals surface area contributed by atoms with Crippen molar-refractivity contribution < 1.29 is 19.7 Å². The first-order valence-corrected chi connectivity index (χ1v) is 12.4. The van der Waals surface area contributed by atoms with Crippen LogP contribution >= 0.6 is 11.3 Å². The lowest BCUT2D eigenvalue weighted by molar-refractivity contribution is 0.101. The molecule has 0 radical (unpaired) electrons. The molecule has 1 unspecified atom stereocenters. The first kappa shape index (κ1) is 24.3. The molecule has 2 aromatic heterocycles. The topological polar surface area (TPSA) is 91.2 Å². The summed E-state index contributed by atoms with van der Waals surface area (Å²) in [5.41, 5.74) is 3.73. The molecule has 8 nitrogen and oxygen atoms in total. The number of aliphatic hydroxyl groups is 2. The molecule has 0 bridgehead atoms. The van der Waals surface area contributed by atoms with Crippen LogP contribution in [0.25, 0.3) is 0 Å². The Labute approximate surface area is 204 Å². The Morgan fingerprint density at radius 1 is 1.12 bits per heavy atom. The Balaban J connectivity index is 1.62. The van der Waals surface area contributed by atoms with Gasteiger partial charge in [0.2, 0.25) is 0 Å². The smallest absolute Gasteiger partial charge is 0.163 e. The molecular weight excluding hydrogens is 452 g/mol. The molecule has 182 valence electrons. The van der Waals surface area contributed by atoms with Crippen LogP contribution in [0.1, 0.15) is 30.6 Å². The molecule has 0 aliphatic heterocycles. The standard InChI is InChI=1S/C25H32N4O4S/c1-28(14-20(31)16-30)25-10-8-19(12-27-25)29(15-22-13-26-17-34-22)18-7-9-23(32-2)24(11-18)33-21-5-3-4-6-21/h7-13,17,20-21,30-31H,3-6,14-16H2,1-2H3. The summed E-state index contributed by atoms with van der Waals surface area (Å²) in [6.45, 7) is 0.654. The van der Waals surface area contributed by atoms with E-state index in [1.54, 1.807) is 18.4 Å². The first-order valence-electron chi connectivity index (χ1n) is 11.5. The number of nitrogens with zero attached hydrogens (tertiary/aromatic N) is 4. The van der Waals surface area contributed by atoms with E-state index in [0.29, 0.717) is 18.9 Å². The van der Waals surface area contributed by atoms with E-state index < -0.39 is 6.10 Å². The minimum absolute atomic E-state index is 0.227. The van der Waals surface area contributed by atoms with Crippen LogP contribution in [0.2, 0.25) is 0 Å². The molecule has 1 aliphatic rings. The lowest BCUT2D eigenvalue weighted by Gasteiger charge is -2.27. The average Bonchev–Trinajstić information content (AvgIpc) is 3.57. The van der Waals surface area contributed by atoms with Gasteiger partial charge in [-0.05, 0) is 49.9 Å². The van der Waals surface area contributed by atoms with Gasteiger partial charge in [-0.3, -0.25) is 4.98 Å².